The van der Waals surface area contributed by atoms with Crippen molar-refractivity contribution in [1.82, 2.24) is 0 Å². The first-order chi connectivity index (χ1) is 3.33. The van der Waals surface area contributed by atoms with E-state index in [9.17, 15) is 0 Å². The molecule has 0 aliphatic heterocycles. The average molecular weight is 173 g/mol. The van der Waals surface area contributed by atoms with Gasteiger partial charge < -0.3 is 12.6 Å². The van der Waals surface area contributed by atoms with Gasteiger partial charge in [-0.05, 0) is 0 Å². The minimum atomic E-state index is -0.306. The van der Waals surface area contributed by atoms with Crippen LogP contribution in [0.2, 0.25) is 0 Å². The first-order valence-electron chi connectivity index (χ1n) is 1.93. The Kier molecular flexibility index (Phi) is 25.2. The van der Waals surface area contributed by atoms with E-state index in [0.29, 0.717) is 0 Å². The van der Waals surface area contributed by atoms with Gasteiger partial charge in [-0.1, -0.05) is 13.3 Å². The summed E-state index contributed by atoms with van der Waals surface area (Å²) in [5.41, 5.74) is 0. The van der Waals surface area contributed by atoms with Crippen molar-refractivity contribution in [2.45, 2.75) is 13.3 Å². The maximum atomic E-state index is 4.85. The molecule has 0 radical (unpaired) electrons. The SMILES string of the molecule is CCC[S-].[Cl][Al+][Cl]. The van der Waals surface area contributed by atoms with Gasteiger partial charge in [0.2, 0.25) is 0 Å². The van der Waals surface area contributed by atoms with Crippen LogP contribution >= 0.6 is 20.1 Å². The molecule has 0 amide bonds. The summed E-state index contributed by atoms with van der Waals surface area (Å²) in [6.45, 7) is 2.08. The van der Waals surface area contributed by atoms with E-state index in [0.717, 1.165) is 12.2 Å². The molecule has 0 unspecified atom stereocenters. The molecule has 0 heterocycles. The van der Waals surface area contributed by atoms with E-state index < -0.39 is 0 Å². The molecular weight excluding hydrogens is 166 g/mol. The number of hydrogen-bond donors (Lipinski definition) is 0. The number of hydrogen-bond acceptors (Lipinski definition) is 1. The summed E-state index contributed by atoms with van der Waals surface area (Å²) in [5, 5.41) is 0. The van der Waals surface area contributed by atoms with Gasteiger partial charge in [-0.3, -0.25) is 0 Å². The summed E-state index contributed by atoms with van der Waals surface area (Å²) in [6, 6.07) is 0. The van der Waals surface area contributed by atoms with Crippen molar-refractivity contribution in [3.63, 3.8) is 0 Å². The van der Waals surface area contributed by atoms with Crippen molar-refractivity contribution in [3.8, 4) is 0 Å². The van der Waals surface area contributed by atoms with Crippen LogP contribution in [0.25, 0.3) is 0 Å². The topological polar surface area (TPSA) is 0 Å². The molecule has 0 fully saturated rings. The van der Waals surface area contributed by atoms with Gasteiger partial charge in [-0.25, -0.2) is 0 Å². The molecular formula is C3H7AlCl2S. The Morgan fingerprint density at radius 3 is 1.71 bits per heavy atom. The summed E-state index contributed by atoms with van der Waals surface area (Å²) in [7, 11) is 9.69. The first-order valence-corrected chi connectivity index (χ1v) is 6.00. The first kappa shape index (κ1) is 11.3. The number of rotatable bonds is 1. The molecule has 0 rings (SSSR count). The summed E-state index contributed by atoms with van der Waals surface area (Å²) in [5.74, 6) is 0.903. The molecule has 7 heavy (non-hydrogen) atoms. The second-order valence-electron chi connectivity index (χ2n) is 0.787. The Balaban J connectivity index is 0. The van der Waals surface area contributed by atoms with E-state index in [-0.39, 0.29) is 13.4 Å². The second-order valence-corrected chi connectivity index (χ2v) is 3.34. The van der Waals surface area contributed by atoms with Gasteiger partial charge in [0.25, 0.3) is 0 Å². The monoisotopic (exact) mass is 172 g/mol. The van der Waals surface area contributed by atoms with Gasteiger partial charge in [-0.2, -0.15) is 5.75 Å². The zero-order valence-electron chi connectivity index (χ0n) is 4.16. The van der Waals surface area contributed by atoms with Gasteiger partial charge in [0, 0.05) is 0 Å². The van der Waals surface area contributed by atoms with E-state index in [4.69, 9.17) is 20.1 Å². The van der Waals surface area contributed by atoms with Gasteiger partial charge in [-0.15, -0.1) is 0 Å². The molecule has 0 aliphatic rings. The van der Waals surface area contributed by atoms with Crippen LogP contribution in [0.4, 0.5) is 0 Å². The standard InChI is InChI=1S/C3H8S.Al.2ClH/c1-2-3-4;;;/h4H,2-3H2,1H3;;2*1H/q;+3;;/p-3. The molecule has 0 aromatic rings. The third kappa shape index (κ3) is 36.7. The predicted octanol–water partition coefficient (Wildman–Crippen LogP) is 1.94. The van der Waals surface area contributed by atoms with E-state index in [1.54, 1.807) is 0 Å². The van der Waals surface area contributed by atoms with Crippen LogP contribution in [-0.4, -0.2) is 19.1 Å². The zero-order chi connectivity index (χ0) is 6.12. The molecule has 0 spiro atoms. The van der Waals surface area contributed by atoms with Crippen molar-refractivity contribution >= 4 is 46.1 Å². The molecule has 0 atom stereocenters. The third-order valence-electron chi connectivity index (χ3n) is 0.204. The maximum absolute atomic E-state index is 4.85. The minimum absolute atomic E-state index is 0.306. The fourth-order valence-electron chi connectivity index (χ4n) is 0. The Bertz CT molecular complexity index is 20.4. The zero-order valence-corrected chi connectivity index (χ0v) is 7.64. The summed E-state index contributed by atoms with van der Waals surface area (Å²) in [6.07, 6.45) is 1.13. The molecule has 0 aromatic carbocycles. The van der Waals surface area contributed by atoms with Crippen LogP contribution in [0, 0.1) is 0 Å². The third-order valence-corrected chi connectivity index (χ3v) is 0.612. The van der Waals surface area contributed by atoms with Crippen molar-refractivity contribution in [1.29, 1.82) is 0 Å². The summed E-state index contributed by atoms with van der Waals surface area (Å²) in [4.78, 5) is 0. The number of halogens is 2. The van der Waals surface area contributed by atoms with E-state index in [2.05, 4.69) is 19.6 Å². The van der Waals surface area contributed by atoms with Crippen molar-refractivity contribution in [2.24, 2.45) is 0 Å². The average Bonchev–Trinajstić information content (AvgIpc) is 1.69. The molecule has 0 saturated carbocycles. The van der Waals surface area contributed by atoms with Crippen LogP contribution in [-0.2, 0) is 12.6 Å². The van der Waals surface area contributed by atoms with Gasteiger partial charge >= 0.3 is 33.5 Å². The van der Waals surface area contributed by atoms with Gasteiger partial charge in [0.05, 0.1) is 0 Å². The van der Waals surface area contributed by atoms with Crippen LogP contribution in [0.3, 0.4) is 0 Å². The summed E-state index contributed by atoms with van der Waals surface area (Å²) < 4.78 is 0. The normalized spacial score (nSPS) is 5.71. The fourth-order valence-corrected chi connectivity index (χ4v) is 0. The van der Waals surface area contributed by atoms with Crippen LogP contribution in [0.15, 0.2) is 0 Å². The molecule has 0 saturated heterocycles. The Morgan fingerprint density at radius 1 is 1.57 bits per heavy atom. The van der Waals surface area contributed by atoms with Crippen LogP contribution in [0.5, 0.6) is 0 Å². The van der Waals surface area contributed by atoms with Gasteiger partial charge in [0.1, 0.15) is 0 Å². The quantitative estimate of drug-likeness (QED) is 0.431. The van der Waals surface area contributed by atoms with Crippen molar-refractivity contribution < 1.29 is 0 Å². The van der Waals surface area contributed by atoms with Crippen LogP contribution < -0.4 is 0 Å². The predicted molar refractivity (Wildman–Crippen MR) is 40.0 cm³/mol. The molecule has 0 N–H and O–H groups in total. The Hall–Kier alpha value is 1.46. The van der Waals surface area contributed by atoms with Crippen LogP contribution in [0.1, 0.15) is 13.3 Å². The summed E-state index contributed by atoms with van der Waals surface area (Å²) >= 11 is 4.25. The van der Waals surface area contributed by atoms with E-state index in [1.165, 1.54) is 0 Å². The molecule has 0 aromatic heterocycles. The molecule has 42 valence electrons. The van der Waals surface area contributed by atoms with E-state index in [1.807, 2.05) is 0 Å². The Morgan fingerprint density at radius 2 is 1.71 bits per heavy atom. The Labute approximate surface area is 65.1 Å². The molecule has 4 heteroatoms. The van der Waals surface area contributed by atoms with E-state index >= 15 is 0 Å². The van der Waals surface area contributed by atoms with Crippen molar-refractivity contribution in [2.75, 3.05) is 5.75 Å². The van der Waals surface area contributed by atoms with Gasteiger partial charge in [0.15, 0.2) is 0 Å². The molecule has 0 nitrogen and oxygen atoms in total. The molecule has 0 aliphatic carbocycles. The second kappa shape index (κ2) is 15.7. The molecule has 0 bridgehead atoms. The fraction of sp³-hybridized carbons (Fsp3) is 1.00. The van der Waals surface area contributed by atoms with Crippen molar-refractivity contribution in [3.05, 3.63) is 0 Å².